The average Bonchev–Trinajstić information content (AvgIpc) is 3.36. The molecule has 0 bridgehead atoms. The van der Waals surface area contributed by atoms with E-state index in [1.54, 1.807) is 0 Å². The van der Waals surface area contributed by atoms with Crippen LogP contribution in [-0.4, -0.2) is 14.5 Å². The fraction of sp³-hybridized carbons (Fsp3) is 0.105. The second-order valence-corrected chi connectivity index (χ2v) is 10.6. The molecule has 0 atom stereocenters. The summed E-state index contributed by atoms with van der Waals surface area (Å²) >= 11 is 0. The Morgan fingerprint density at radius 2 is 1.10 bits per heavy atom. The lowest BCUT2D eigenvalue weighted by atomic mass is 9.93. The highest BCUT2D eigenvalue weighted by Crippen LogP contribution is 2.39. The Morgan fingerprint density at radius 3 is 1.76 bits per heavy atom. The molecule has 5 aromatic carbocycles. The maximum atomic E-state index is 5.09. The summed E-state index contributed by atoms with van der Waals surface area (Å²) in [5, 5.41) is 2.60. The molecule has 0 saturated heterocycles. The second kappa shape index (κ2) is 10.2. The van der Waals surface area contributed by atoms with Gasteiger partial charge < -0.3 is 4.57 Å². The topological polar surface area (TPSA) is 30.7 Å². The van der Waals surface area contributed by atoms with Crippen LogP contribution in [-0.2, 0) is 6.54 Å². The minimum atomic E-state index is 0.748. The van der Waals surface area contributed by atoms with Crippen LogP contribution in [0.15, 0.2) is 121 Å². The number of aromatic nitrogens is 3. The Bertz CT molecular complexity index is 1980. The number of rotatable bonds is 5. The van der Waals surface area contributed by atoms with Crippen molar-refractivity contribution in [3.05, 3.63) is 132 Å². The first-order valence-corrected chi connectivity index (χ1v) is 14.2. The zero-order chi connectivity index (χ0) is 27.9. The van der Waals surface area contributed by atoms with Gasteiger partial charge in [-0.05, 0) is 55.7 Å². The molecule has 3 nitrogen and oxygen atoms in total. The number of aryl methyl sites for hydroxylation is 3. The van der Waals surface area contributed by atoms with Crippen LogP contribution in [0, 0.1) is 13.8 Å². The van der Waals surface area contributed by atoms with E-state index in [2.05, 4.69) is 135 Å². The van der Waals surface area contributed by atoms with E-state index in [9.17, 15) is 0 Å². The Labute approximate surface area is 240 Å². The van der Waals surface area contributed by atoms with E-state index < -0.39 is 0 Å². The minimum Gasteiger partial charge on any atom is -0.340 e. The van der Waals surface area contributed by atoms with Crippen molar-refractivity contribution in [2.24, 2.45) is 0 Å². The van der Waals surface area contributed by atoms with Gasteiger partial charge >= 0.3 is 0 Å². The lowest BCUT2D eigenvalue weighted by Gasteiger charge is -2.16. The van der Waals surface area contributed by atoms with E-state index >= 15 is 0 Å². The third-order valence-corrected chi connectivity index (χ3v) is 8.07. The maximum absolute atomic E-state index is 5.09. The standard InChI is InChI=1S/C38H31N3/c1-4-41-36-21-12-11-18-29(36)30-19-13-20-31(37(30)41)32-22-26(3)33(23-25(32)2)38-39-34(27-14-7-5-8-15-27)24-35(40-38)28-16-9-6-10-17-28/h5-24H,4H2,1-3H3. The monoisotopic (exact) mass is 529 g/mol. The van der Waals surface area contributed by atoms with Gasteiger partial charge in [-0.2, -0.15) is 0 Å². The summed E-state index contributed by atoms with van der Waals surface area (Å²) in [7, 11) is 0. The predicted octanol–water partition coefficient (Wildman–Crippen LogP) is 9.89. The van der Waals surface area contributed by atoms with Crippen molar-refractivity contribution in [1.29, 1.82) is 0 Å². The third-order valence-electron chi connectivity index (χ3n) is 8.07. The molecule has 0 N–H and O–H groups in total. The molecule has 0 saturated carbocycles. The minimum absolute atomic E-state index is 0.748. The van der Waals surface area contributed by atoms with Gasteiger partial charge in [0, 0.05) is 45.1 Å². The van der Waals surface area contributed by atoms with Crippen molar-refractivity contribution in [2.45, 2.75) is 27.3 Å². The van der Waals surface area contributed by atoms with Gasteiger partial charge in [0.25, 0.3) is 0 Å². The number of hydrogen-bond acceptors (Lipinski definition) is 2. The van der Waals surface area contributed by atoms with E-state index in [0.717, 1.165) is 46.0 Å². The molecule has 0 spiro atoms. The Morgan fingerprint density at radius 1 is 0.537 bits per heavy atom. The summed E-state index contributed by atoms with van der Waals surface area (Å²) in [5.74, 6) is 0.748. The molecule has 0 aliphatic carbocycles. The molecule has 0 aliphatic heterocycles. The van der Waals surface area contributed by atoms with Crippen molar-refractivity contribution < 1.29 is 0 Å². The van der Waals surface area contributed by atoms with Crippen LogP contribution in [0.3, 0.4) is 0 Å². The highest BCUT2D eigenvalue weighted by Gasteiger charge is 2.18. The van der Waals surface area contributed by atoms with Crippen LogP contribution in [0.5, 0.6) is 0 Å². The van der Waals surface area contributed by atoms with Crippen LogP contribution >= 0.6 is 0 Å². The van der Waals surface area contributed by atoms with Crippen molar-refractivity contribution in [1.82, 2.24) is 14.5 Å². The molecule has 3 heteroatoms. The molecule has 41 heavy (non-hydrogen) atoms. The summed E-state index contributed by atoms with van der Waals surface area (Å²) in [6, 6.07) is 42.8. The maximum Gasteiger partial charge on any atom is 0.160 e. The first-order valence-electron chi connectivity index (χ1n) is 14.2. The van der Waals surface area contributed by atoms with E-state index in [-0.39, 0.29) is 0 Å². The Hall–Kier alpha value is -5.02. The molecule has 0 radical (unpaired) electrons. The van der Waals surface area contributed by atoms with Gasteiger partial charge in [0.2, 0.25) is 0 Å². The number of hydrogen-bond donors (Lipinski definition) is 0. The molecular weight excluding hydrogens is 498 g/mol. The zero-order valence-corrected chi connectivity index (χ0v) is 23.6. The average molecular weight is 530 g/mol. The highest BCUT2D eigenvalue weighted by molar-refractivity contribution is 6.12. The highest BCUT2D eigenvalue weighted by atomic mass is 15.0. The van der Waals surface area contributed by atoms with Gasteiger partial charge in [-0.3, -0.25) is 0 Å². The van der Waals surface area contributed by atoms with Crippen molar-refractivity contribution in [2.75, 3.05) is 0 Å². The van der Waals surface area contributed by atoms with Crippen LogP contribution < -0.4 is 0 Å². The largest absolute Gasteiger partial charge is 0.340 e. The van der Waals surface area contributed by atoms with Crippen LogP contribution in [0.1, 0.15) is 18.1 Å². The number of nitrogens with zero attached hydrogens (tertiary/aromatic N) is 3. The fourth-order valence-electron chi connectivity index (χ4n) is 6.08. The van der Waals surface area contributed by atoms with Gasteiger partial charge in [-0.15, -0.1) is 0 Å². The fourth-order valence-corrected chi connectivity index (χ4v) is 6.08. The molecule has 7 rings (SSSR count). The van der Waals surface area contributed by atoms with Crippen LogP contribution in [0.4, 0.5) is 0 Å². The Kier molecular flexibility index (Phi) is 6.20. The third kappa shape index (κ3) is 4.31. The summed E-state index contributed by atoms with van der Waals surface area (Å²) in [6.07, 6.45) is 0. The smallest absolute Gasteiger partial charge is 0.160 e. The summed E-state index contributed by atoms with van der Waals surface area (Å²) in [6.45, 7) is 7.52. The summed E-state index contributed by atoms with van der Waals surface area (Å²) in [4.78, 5) is 10.2. The molecule has 0 aliphatic rings. The zero-order valence-electron chi connectivity index (χ0n) is 23.6. The predicted molar refractivity (Wildman–Crippen MR) is 172 cm³/mol. The lowest BCUT2D eigenvalue weighted by molar-refractivity contribution is 0.828. The van der Waals surface area contributed by atoms with Crippen molar-refractivity contribution in [3.63, 3.8) is 0 Å². The van der Waals surface area contributed by atoms with Gasteiger partial charge in [0.05, 0.1) is 16.9 Å². The summed E-state index contributed by atoms with van der Waals surface area (Å²) < 4.78 is 2.45. The number of fused-ring (bicyclic) bond motifs is 3. The van der Waals surface area contributed by atoms with Gasteiger partial charge in [0.1, 0.15) is 0 Å². The second-order valence-electron chi connectivity index (χ2n) is 10.6. The molecule has 0 unspecified atom stereocenters. The van der Waals surface area contributed by atoms with Gasteiger partial charge in [-0.25, -0.2) is 9.97 Å². The molecule has 198 valence electrons. The molecule has 7 aromatic rings. The molecule has 2 aromatic heterocycles. The first-order chi connectivity index (χ1) is 20.1. The first kappa shape index (κ1) is 25.0. The van der Waals surface area contributed by atoms with Crippen LogP contribution in [0.25, 0.3) is 66.8 Å². The quantitative estimate of drug-likeness (QED) is 0.222. The van der Waals surface area contributed by atoms with E-state index in [4.69, 9.17) is 9.97 Å². The van der Waals surface area contributed by atoms with E-state index in [1.165, 1.54) is 38.5 Å². The normalized spacial score (nSPS) is 11.4. The lowest BCUT2D eigenvalue weighted by Crippen LogP contribution is -1.99. The molecule has 2 heterocycles. The van der Waals surface area contributed by atoms with Crippen molar-refractivity contribution in [3.8, 4) is 45.0 Å². The molecule has 0 amide bonds. The van der Waals surface area contributed by atoms with Gasteiger partial charge in [-0.1, -0.05) is 103 Å². The number of para-hydroxylation sites is 2. The van der Waals surface area contributed by atoms with E-state index in [0.29, 0.717) is 0 Å². The van der Waals surface area contributed by atoms with E-state index in [1.807, 2.05) is 12.1 Å². The SMILES string of the molecule is CCn1c2ccccc2c2cccc(-c3cc(C)c(-c4nc(-c5ccccc5)cc(-c5ccccc5)n4)cc3C)c21. The number of benzene rings is 5. The van der Waals surface area contributed by atoms with Crippen molar-refractivity contribution >= 4 is 21.8 Å². The van der Waals surface area contributed by atoms with Crippen LogP contribution in [0.2, 0.25) is 0 Å². The Balaban J connectivity index is 1.42. The molecule has 0 fully saturated rings. The van der Waals surface area contributed by atoms with Gasteiger partial charge in [0.15, 0.2) is 5.82 Å². The summed E-state index contributed by atoms with van der Waals surface area (Å²) in [5.41, 5.74) is 12.5. The molecular formula is C38H31N3.